The number of benzene rings is 3. The minimum absolute atomic E-state index is 0.114. The first kappa shape index (κ1) is 13.5. The van der Waals surface area contributed by atoms with Crippen molar-refractivity contribution in [2.24, 2.45) is 0 Å². The van der Waals surface area contributed by atoms with Crippen molar-refractivity contribution in [3.05, 3.63) is 83.9 Å². The van der Waals surface area contributed by atoms with Gasteiger partial charge in [-0.2, -0.15) is 0 Å². The van der Waals surface area contributed by atoms with E-state index in [2.05, 4.69) is 47.8 Å². The van der Waals surface area contributed by atoms with Crippen molar-refractivity contribution in [3.63, 3.8) is 0 Å². The number of aromatic nitrogens is 1. The maximum absolute atomic E-state index is 6.06. The molecule has 0 spiro atoms. The second-order valence-corrected chi connectivity index (χ2v) is 6.09. The Kier molecular flexibility index (Phi) is 3.00. The van der Waals surface area contributed by atoms with Crippen molar-refractivity contribution in [2.45, 2.75) is 12.8 Å². The summed E-state index contributed by atoms with van der Waals surface area (Å²) in [5.74, 6) is 0. The second kappa shape index (κ2) is 5.32. The topological polar surface area (TPSA) is 34.2 Å². The van der Waals surface area contributed by atoms with Crippen LogP contribution in [0.5, 0.6) is 0 Å². The molecule has 0 fully saturated rings. The van der Waals surface area contributed by atoms with Crippen LogP contribution >= 0.6 is 0 Å². The summed E-state index contributed by atoms with van der Waals surface area (Å²) in [7, 11) is 0. The molecule has 116 valence electrons. The lowest BCUT2D eigenvalue weighted by atomic mass is 10.0. The van der Waals surface area contributed by atoms with Gasteiger partial charge in [-0.05, 0) is 18.2 Å². The van der Waals surface area contributed by atoms with Crippen LogP contribution in [0, 0.1) is 0 Å². The summed E-state index contributed by atoms with van der Waals surface area (Å²) in [5.41, 5.74) is 5.40. The van der Waals surface area contributed by atoms with Crippen LogP contribution in [0.4, 0.5) is 5.69 Å². The Balaban J connectivity index is 1.62. The fourth-order valence-corrected chi connectivity index (χ4v) is 3.34. The first-order valence-corrected chi connectivity index (χ1v) is 8.13. The monoisotopic (exact) mass is 312 g/mol. The molecular formula is C21H16N2O. The summed E-state index contributed by atoms with van der Waals surface area (Å²) in [5, 5.41) is 5.80. The fraction of sp³-hybridized carbons (Fsp3) is 0.0952. The predicted octanol–water partition coefficient (Wildman–Crippen LogP) is 5.03. The Morgan fingerprint density at radius 3 is 2.62 bits per heavy atom. The molecule has 1 N–H and O–H groups in total. The summed E-state index contributed by atoms with van der Waals surface area (Å²) >= 11 is 0. The van der Waals surface area contributed by atoms with Crippen molar-refractivity contribution in [2.75, 3.05) is 5.32 Å². The van der Waals surface area contributed by atoms with E-state index in [1.807, 2.05) is 30.3 Å². The predicted molar refractivity (Wildman–Crippen MR) is 96.8 cm³/mol. The first-order valence-electron chi connectivity index (χ1n) is 8.13. The van der Waals surface area contributed by atoms with E-state index in [0.29, 0.717) is 6.61 Å². The zero-order valence-electron chi connectivity index (χ0n) is 13.1. The smallest absolute Gasteiger partial charge is 0.154 e. The summed E-state index contributed by atoms with van der Waals surface area (Å²) in [4.78, 5) is 4.87. The number of anilines is 1. The van der Waals surface area contributed by atoms with E-state index < -0.39 is 0 Å². The van der Waals surface area contributed by atoms with Crippen LogP contribution in [-0.4, -0.2) is 4.98 Å². The molecule has 1 atom stereocenters. The molecule has 0 saturated heterocycles. The minimum atomic E-state index is -0.114. The van der Waals surface area contributed by atoms with E-state index in [4.69, 9.17) is 9.72 Å². The SMILES string of the molecule is c1ccc(C2Nc3ccc4cc5ccccc5nc4c3CO2)cc1. The molecule has 0 bridgehead atoms. The fourth-order valence-electron chi connectivity index (χ4n) is 3.34. The maximum atomic E-state index is 6.06. The number of para-hydroxylation sites is 1. The first-order chi connectivity index (χ1) is 11.9. The van der Waals surface area contributed by atoms with Crippen LogP contribution in [-0.2, 0) is 11.3 Å². The van der Waals surface area contributed by atoms with Gasteiger partial charge in [-0.15, -0.1) is 0 Å². The zero-order valence-corrected chi connectivity index (χ0v) is 13.1. The van der Waals surface area contributed by atoms with Gasteiger partial charge >= 0.3 is 0 Å². The standard InChI is InChI=1S/C21H16N2O/c1-2-6-14(7-3-1)21-23-19-11-10-16-12-15-8-4-5-9-18(15)22-20(16)17(19)13-24-21/h1-12,21,23H,13H2. The third kappa shape index (κ3) is 2.14. The molecule has 4 aromatic rings. The van der Waals surface area contributed by atoms with Gasteiger partial charge in [-0.1, -0.05) is 54.6 Å². The number of nitrogens with zero attached hydrogens (tertiary/aromatic N) is 1. The van der Waals surface area contributed by atoms with Gasteiger partial charge in [-0.25, -0.2) is 4.98 Å². The van der Waals surface area contributed by atoms with Crippen molar-refractivity contribution in [1.29, 1.82) is 0 Å². The van der Waals surface area contributed by atoms with Crippen molar-refractivity contribution < 1.29 is 4.74 Å². The average Bonchev–Trinajstić information content (AvgIpc) is 2.66. The molecule has 0 saturated carbocycles. The Bertz CT molecular complexity index is 1040. The van der Waals surface area contributed by atoms with Crippen molar-refractivity contribution in [1.82, 2.24) is 4.98 Å². The molecule has 1 aromatic heterocycles. The van der Waals surface area contributed by atoms with E-state index in [1.54, 1.807) is 0 Å². The zero-order chi connectivity index (χ0) is 15.9. The van der Waals surface area contributed by atoms with Gasteiger partial charge in [0, 0.05) is 27.6 Å². The number of fused-ring (bicyclic) bond motifs is 4. The third-order valence-electron chi connectivity index (χ3n) is 4.58. The van der Waals surface area contributed by atoms with Crippen LogP contribution in [0.3, 0.4) is 0 Å². The van der Waals surface area contributed by atoms with Gasteiger partial charge in [-0.3, -0.25) is 0 Å². The molecular weight excluding hydrogens is 296 g/mol. The van der Waals surface area contributed by atoms with Crippen LogP contribution in [0.1, 0.15) is 17.4 Å². The van der Waals surface area contributed by atoms with Crippen LogP contribution in [0.25, 0.3) is 21.8 Å². The van der Waals surface area contributed by atoms with Gasteiger partial charge in [0.15, 0.2) is 6.23 Å². The average molecular weight is 312 g/mol. The van der Waals surface area contributed by atoms with E-state index in [1.165, 1.54) is 0 Å². The largest absolute Gasteiger partial charge is 0.356 e. The summed E-state index contributed by atoms with van der Waals surface area (Å²) in [6.45, 7) is 0.560. The highest BCUT2D eigenvalue weighted by Gasteiger charge is 2.21. The number of rotatable bonds is 1. The molecule has 1 aliphatic rings. The molecule has 3 nitrogen and oxygen atoms in total. The summed E-state index contributed by atoms with van der Waals surface area (Å²) in [6, 6.07) is 24.9. The minimum Gasteiger partial charge on any atom is -0.356 e. The molecule has 0 aliphatic carbocycles. The lowest BCUT2D eigenvalue weighted by Gasteiger charge is -2.28. The van der Waals surface area contributed by atoms with Crippen molar-refractivity contribution in [3.8, 4) is 0 Å². The molecule has 3 aromatic carbocycles. The maximum Gasteiger partial charge on any atom is 0.154 e. The highest BCUT2D eigenvalue weighted by molar-refractivity contribution is 5.96. The second-order valence-electron chi connectivity index (χ2n) is 6.09. The van der Waals surface area contributed by atoms with Gasteiger partial charge < -0.3 is 10.1 Å². The van der Waals surface area contributed by atoms with E-state index in [-0.39, 0.29) is 6.23 Å². The lowest BCUT2D eigenvalue weighted by molar-refractivity contribution is 0.0514. The highest BCUT2D eigenvalue weighted by atomic mass is 16.5. The van der Waals surface area contributed by atoms with Gasteiger partial charge in [0.2, 0.25) is 0 Å². The Hall–Kier alpha value is -2.91. The summed E-state index contributed by atoms with van der Waals surface area (Å²) < 4.78 is 6.06. The number of hydrogen-bond acceptors (Lipinski definition) is 3. The van der Waals surface area contributed by atoms with E-state index >= 15 is 0 Å². The van der Waals surface area contributed by atoms with Gasteiger partial charge in [0.25, 0.3) is 0 Å². The van der Waals surface area contributed by atoms with E-state index in [9.17, 15) is 0 Å². The van der Waals surface area contributed by atoms with E-state index in [0.717, 1.165) is 38.6 Å². The highest BCUT2D eigenvalue weighted by Crippen LogP contribution is 2.35. The lowest BCUT2D eigenvalue weighted by Crippen LogP contribution is -2.20. The van der Waals surface area contributed by atoms with Gasteiger partial charge in [0.1, 0.15) is 0 Å². The Morgan fingerprint density at radius 2 is 1.71 bits per heavy atom. The van der Waals surface area contributed by atoms with Gasteiger partial charge in [0.05, 0.1) is 17.6 Å². The van der Waals surface area contributed by atoms with Crippen LogP contribution < -0.4 is 5.32 Å². The molecule has 3 heteroatoms. The Morgan fingerprint density at radius 1 is 0.875 bits per heavy atom. The number of pyridine rings is 1. The summed E-state index contributed by atoms with van der Waals surface area (Å²) in [6.07, 6.45) is -0.114. The molecule has 1 unspecified atom stereocenters. The number of nitrogens with one attached hydrogen (secondary N) is 1. The third-order valence-corrected chi connectivity index (χ3v) is 4.58. The Labute approximate surface area is 139 Å². The molecule has 5 rings (SSSR count). The molecule has 1 aliphatic heterocycles. The molecule has 0 amide bonds. The number of ether oxygens (including phenoxy) is 1. The number of hydrogen-bond donors (Lipinski definition) is 1. The van der Waals surface area contributed by atoms with Crippen molar-refractivity contribution >= 4 is 27.5 Å². The van der Waals surface area contributed by atoms with Crippen LogP contribution in [0.2, 0.25) is 0 Å². The molecule has 2 heterocycles. The molecule has 0 radical (unpaired) electrons. The molecule has 24 heavy (non-hydrogen) atoms. The normalized spacial score (nSPS) is 16.8. The quantitative estimate of drug-likeness (QED) is 0.501. The van der Waals surface area contributed by atoms with Crippen LogP contribution in [0.15, 0.2) is 72.8 Å².